The van der Waals surface area contributed by atoms with E-state index in [1.807, 2.05) is 0 Å². The maximum atomic E-state index is 11.3. The smallest absolute Gasteiger partial charge is 0.229 e. The summed E-state index contributed by atoms with van der Waals surface area (Å²) >= 11 is 0. The summed E-state index contributed by atoms with van der Waals surface area (Å²) in [5.74, 6) is -0.393. The number of hydrogen-bond donors (Lipinski definition) is 1. The van der Waals surface area contributed by atoms with Gasteiger partial charge in [-0.1, -0.05) is 0 Å². The van der Waals surface area contributed by atoms with Crippen LogP contribution in [-0.2, 0) is 14.3 Å². The van der Waals surface area contributed by atoms with Crippen LogP contribution in [0.3, 0.4) is 0 Å². The zero-order valence-electron chi connectivity index (χ0n) is 9.15. The van der Waals surface area contributed by atoms with Gasteiger partial charge in [0.25, 0.3) is 0 Å². The maximum absolute atomic E-state index is 11.3. The Hall–Kier alpha value is -0.940. The number of likely N-dealkylation sites (tertiary alicyclic amines) is 1. The Kier molecular flexibility index (Phi) is 3.82. The molecule has 15 heavy (non-hydrogen) atoms. The molecule has 5 heteroatoms. The Bertz CT molecular complexity index is 246. The van der Waals surface area contributed by atoms with Gasteiger partial charge in [-0.05, 0) is 6.92 Å². The fourth-order valence-electron chi connectivity index (χ4n) is 1.54. The zero-order valence-corrected chi connectivity index (χ0v) is 9.15. The molecule has 0 aliphatic carbocycles. The number of methoxy groups -OCH3 is 1. The van der Waals surface area contributed by atoms with E-state index in [9.17, 15) is 14.7 Å². The monoisotopic (exact) mass is 215 g/mol. The van der Waals surface area contributed by atoms with Gasteiger partial charge in [-0.15, -0.1) is 0 Å². The molecule has 1 saturated heterocycles. The van der Waals surface area contributed by atoms with Crippen molar-refractivity contribution in [2.75, 3.05) is 20.3 Å². The number of imide groups is 1. The van der Waals surface area contributed by atoms with Crippen LogP contribution < -0.4 is 0 Å². The quantitative estimate of drug-likeness (QED) is 0.651. The minimum absolute atomic E-state index is 0.0635. The van der Waals surface area contributed by atoms with Crippen molar-refractivity contribution in [2.24, 2.45) is 0 Å². The van der Waals surface area contributed by atoms with Crippen LogP contribution in [0, 0.1) is 0 Å². The van der Waals surface area contributed by atoms with Crippen molar-refractivity contribution in [3.05, 3.63) is 0 Å². The lowest BCUT2D eigenvalue weighted by Gasteiger charge is -2.27. The van der Waals surface area contributed by atoms with E-state index in [2.05, 4.69) is 0 Å². The van der Waals surface area contributed by atoms with Gasteiger partial charge >= 0.3 is 0 Å². The number of carbonyl (C=O) groups is 2. The van der Waals surface area contributed by atoms with Gasteiger partial charge in [-0.25, -0.2) is 0 Å². The molecule has 1 rings (SSSR count). The molecule has 0 aromatic heterocycles. The lowest BCUT2D eigenvalue weighted by molar-refractivity contribution is -0.142. The van der Waals surface area contributed by atoms with Gasteiger partial charge in [0, 0.05) is 33.0 Å². The molecule has 1 N–H and O–H groups in total. The molecule has 1 fully saturated rings. The lowest BCUT2D eigenvalue weighted by Crippen LogP contribution is -2.44. The van der Waals surface area contributed by atoms with Gasteiger partial charge in [0.15, 0.2) is 0 Å². The van der Waals surface area contributed by atoms with Crippen LogP contribution in [0.25, 0.3) is 0 Å². The Morgan fingerprint density at radius 1 is 1.40 bits per heavy atom. The van der Waals surface area contributed by atoms with Crippen LogP contribution in [0.4, 0.5) is 0 Å². The lowest BCUT2D eigenvalue weighted by atomic mass is 10.0. The van der Waals surface area contributed by atoms with E-state index in [0.717, 1.165) is 4.90 Å². The summed E-state index contributed by atoms with van der Waals surface area (Å²) in [6, 6.07) is 0. The SMILES string of the molecule is COCCC(C)(O)CN1C(=O)CCC1=O. The van der Waals surface area contributed by atoms with E-state index in [4.69, 9.17) is 4.74 Å². The molecule has 0 radical (unpaired) electrons. The molecule has 5 nitrogen and oxygen atoms in total. The first-order valence-electron chi connectivity index (χ1n) is 5.01. The number of β-amino-alcohol motifs (C(OH)–C–C–N with tert-alkyl or cyclic N) is 1. The molecule has 1 heterocycles. The summed E-state index contributed by atoms with van der Waals surface area (Å²) < 4.78 is 4.85. The third kappa shape index (κ3) is 3.28. The molecule has 0 aromatic rings. The summed E-state index contributed by atoms with van der Waals surface area (Å²) in [5.41, 5.74) is -1.06. The summed E-state index contributed by atoms with van der Waals surface area (Å²) in [4.78, 5) is 23.7. The van der Waals surface area contributed by atoms with E-state index in [0.29, 0.717) is 13.0 Å². The predicted octanol–water partition coefficient (Wildman–Crippen LogP) is -0.0771. The van der Waals surface area contributed by atoms with Crippen LogP contribution >= 0.6 is 0 Å². The van der Waals surface area contributed by atoms with Crippen LogP contribution in [-0.4, -0.2) is 47.7 Å². The largest absolute Gasteiger partial charge is 0.388 e. The molecule has 1 unspecified atom stereocenters. The highest BCUT2D eigenvalue weighted by Crippen LogP contribution is 2.18. The molecule has 0 spiro atoms. The van der Waals surface area contributed by atoms with Crippen molar-refractivity contribution in [2.45, 2.75) is 31.8 Å². The first-order valence-corrected chi connectivity index (χ1v) is 5.01. The minimum atomic E-state index is -1.06. The second-order valence-electron chi connectivity index (χ2n) is 4.11. The summed E-state index contributed by atoms with van der Waals surface area (Å²) in [6.45, 7) is 2.07. The van der Waals surface area contributed by atoms with Crippen molar-refractivity contribution < 1.29 is 19.4 Å². The normalized spacial score (nSPS) is 20.9. The van der Waals surface area contributed by atoms with Crippen molar-refractivity contribution >= 4 is 11.8 Å². The van der Waals surface area contributed by atoms with Gasteiger partial charge in [0.2, 0.25) is 11.8 Å². The van der Waals surface area contributed by atoms with Crippen LogP contribution in [0.1, 0.15) is 26.2 Å². The van der Waals surface area contributed by atoms with Gasteiger partial charge in [-0.2, -0.15) is 0 Å². The predicted molar refractivity (Wildman–Crippen MR) is 53.1 cm³/mol. The Labute approximate surface area is 89.0 Å². The second-order valence-corrected chi connectivity index (χ2v) is 4.11. The molecule has 1 atom stereocenters. The Balaban J connectivity index is 2.52. The minimum Gasteiger partial charge on any atom is -0.388 e. The van der Waals surface area contributed by atoms with E-state index in [1.165, 1.54) is 0 Å². The third-order valence-corrected chi connectivity index (χ3v) is 2.50. The number of rotatable bonds is 5. The van der Waals surface area contributed by atoms with E-state index < -0.39 is 5.60 Å². The molecule has 1 aliphatic heterocycles. The number of carbonyl (C=O) groups excluding carboxylic acids is 2. The fraction of sp³-hybridized carbons (Fsp3) is 0.800. The number of aliphatic hydroxyl groups is 1. The summed E-state index contributed by atoms with van der Waals surface area (Å²) in [6.07, 6.45) is 0.930. The molecular weight excluding hydrogens is 198 g/mol. The molecule has 0 bridgehead atoms. The Morgan fingerprint density at radius 3 is 2.40 bits per heavy atom. The fourth-order valence-corrected chi connectivity index (χ4v) is 1.54. The van der Waals surface area contributed by atoms with Gasteiger partial charge in [0.1, 0.15) is 0 Å². The molecule has 0 aromatic carbocycles. The molecule has 0 saturated carbocycles. The van der Waals surface area contributed by atoms with Crippen molar-refractivity contribution in [1.29, 1.82) is 0 Å². The Morgan fingerprint density at radius 2 is 1.93 bits per heavy atom. The first kappa shape index (κ1) is 12.1. The number of nitrogens with zero attached hydrogens (tertiary/aromatic N) is 1. The average Bonchev–Trinajstić information content (AvgIpc) is 2.46. The third-order valence-electron chi connectivity index (χ3n) is 2.50. The zero-order chi connectivity index (χ0) is 11.5. The van der Waals surface area contributed by atoms with Crippen LogP contribution in [0.15, 0.2) is 0 Å². The van der Waals surface area contributed by atoms with Crippen molar-refractivity contribution in [3.63, 3.8) is 0 Å². The second kappa shape index (κ2) is 4.72. The van der Waals surface area contributed by atoms with E-state index >= 15 is 0 Å². The number of ether oxygens (including phenoxy) is 1. The van der Waals surface area contributed by atoms with Gasteiger partial charge < -0.3 is 9.84 Å². The molecular formula is C10H17NO4. The van der Waals surface area contributed by atoms with Crippen LogP contribution in [0.5, 0.6) is 0 Å². The first-order chi connectivity index (χ1) is 6.96. The molecule has 86 valence electrons. The maximum Gasteiger partial charge on any atom is 0.229 e. The highest BCUT2D eigenvalue weighted by atomic mass is 16.5. The highest BCUT2D eigenvalue weighted by molar-refractivity contribution is 6.01. The van der Waals surface area contributed by atoms with Crippen LogP contribution in [0.2, 0.25) is 0 Å². The topological polar surface area (TPSA) is 66.8 Å². The van der Waals surface area contributed by atoms with Gasteiger partial charge in [0.05, 0.1) is 12.1 Å². The summed E-state index contributed by atoms with van der Waals surface area (Å²) in [5, 5.41) is 9.92. The van der Waals surface area contributed by atoms with Crippen molar-refractivity contribution in [3.8, 4) is 0 Å². The molecule has 1 aliphatic rings. The highest BCUT2D eigenvalue weighted by Gasteiger charge is 2.34. The standard InChI is InChI=1S/C10H17NO4/c1-10(14,5-6-15-2)7-11-8(12)3-4-9(11)13/h14H,3-7H2,1-2H3. The average molecular weight is 215 g/mol. The van der Waals surface area contributed by atoms with Crippen molar-refractivity contribution in [1.82, 2.24) is 4.90 Å². The number of hydrogen-bond acceptors (Lipinski definition) is 4. The van der Waals surface area contributed by atoms with Gasteiger partial charge in [-0.3, -0.25) is 14.5 Å². The number of amides is 2. The summed E-state index contributed by atoms with van der Waals surface area (Å²) in [7, 11) is 1.54. The van der Waals surface area contributed by atoms with E-state index in [1.54, 1.807) is 14.0 Å². The van der Waals surface area contributed by atoms with E-state index in [-0.39, 0.29) is 31.2 Å². The molecule has 2 amide bonds.